The van der Waals surface area contributed by atoms with Crippen LogP contribution < -0.4 is 4.90 Å². The van der Waals surface area contributed by atoms with E-state index in [4.69, 9.17) is 23.2 Å². The van der Waals surface area contributed by atoms with E-state index in [0.717, 1.165) is 28.4 Å². The zero-order valence-corrected chi connectivity index (χ0v) is 11.6. The molecule has 1 aromatic heterocycles. The Kier molecular flexibility index (Phi) is 4.45. The molecule has 2 aromatic rings. The molecule has 1 aromatic carbocycles. The number of nitrogens with zero attached hydrogens (tertiary/aromatic N) is 2. The van der Waals surface area contributed by atoms with Gasteiger partial charge in [0.25, 0.3) is 0 Å². The summed E-state index contributed by atoms with van der Waals surface area (Å²) in [7, 11) is 2.02. The number of aromatic nitrogens is 1. The van der Waals surface area contributed by atoms with Crippen LogP contribution in [0.1, 0.15) is 11.1 Å². The number of halogens is 2. The summed E-state index contributed by atoms with van der Waals surface area (Å²) in [4.78, 5) is 6.24. The smallest absolute Gasteiger partial charge is 0.0494 e. The highest BCUT2D eigenvalue weighted by atomic mass is 35.5. The van der Waals surface area contributed by atoms with Crippen LogP contribution in [0.2, 0.25) is 5.02 Å². The maximum Gasteiger partial charge on any atom is 0.0494 e. The molecule has 18 heavy (non-hydrogen) atoms. The van der Waals surface area contributed by atoms with Gasteiger partial charge in [-0.2, -0.15) is 0 Å². The molecule has 1 heterocycles. The van der Waals surface area contributed by atoms with Gasteiger partial charge in [0.15, 0.2) is 0 Å². The second-order valence-electron chi connectivity index (χ2n) is 4.12. The first-order valence-electron chi connectivity index (χ1n) is 5.65. The van der Waals surface area contributed by atoms with Gasteiger partial charge in [-0.15, -0.1) is 11.6 Å². The fraction of sp³-hybridized carbons (Fsp3) is 0.214. The third-order valence-electron chi connectivity index (χ3n) is 2.75. The molecule has 0 aliphatic heterocycles. The van der Waals surface area contributed by atoms with Crippen LogP contribution in [-0.2, 0) is 12.4 Å². The molecule has 0 bridgehead atoms. The number of alkyl halides is 1. The topological polar surface area (TPSA) is 16.1 Å². The minimum absolute atomic E-state index is 0.476. The van der Waals surface area contributed by atoms with Crippen LogP contribution in [0.15, 0.2) is 42.7 Å². The molecule has 0 fully saturated rings. The van der Waals surface area contributed by atoms with Crippen LogP contribution in [0.5, 0.6) is 0 Å². The average Bonchev–Trinajstić information content (AvgIpc) is 2.40. The minimum atomic E-state index is 0.476. The highest BCUT2D eigenvalue weighted by Gasteiger charge is 2.08. The quantitative estimate of drug-likeness (QED) is 0.784. The number of anilines is 1. The van der Waals surface area contributed by atoms with E-state index in [1.165, 1.54) is 0 Å². The lowest BCUT2D eigenvalue weighted by molar-refractivity contribution is 0.909. The molecule has 0 N–H and O–H groups in total. The predicted molar refractivity (Wildman–Crippen MR) is 77.4 cm³/mol. The number of pyridine rings is 1. The summed E-state index contributed by atoms with van der Waals surface area (Å²) in [6, 6.07) is 9.75. The second-order valence-corrected chi connectivity index (χ2v) is 4.83. The normalized spacial score (nSPS) is 10.4. The van der Waals surface area contributed by atoms with Gasteiger partial charge in [-0.25, -0.2) is 0 Å². The van der Waals surface area contributed by atoms with E-state index in [1.807, 2.05) is 37.5 Å². The van der Waals surface area contributed by atoms with Gasteiger partial charge in [-0.3, -0.25) is 4.98 Å². The zero-order valence-electron chi connectivity index (χ0n) is 10.1. The molecule has 0 radical (unpaired) electrons. The third kappa shape index (κ3) is 3.15. The molecule has 0 aliphatic carbocycles. The average molecular weight is 281 g/mol. The van der Waals surface area contributed by atoms with Crippen molar-refractivity contribution in [2.24, 2.45) is 0 Å². The van der Waals surface area contributed by atoms with Crippen molar-refractivity contribution >= 4 is 28.9 Å². The van der Waals surface area contributed by atoms with Gasteiger partial charge in [0.05, 0.1) is 0 Å². The van der Waals surface area contributed by atoms with E-state index >= 15 is 0 Å². The number of benzene rings is 1. The molecule has 0 unspecified atom stereocenters. The van der Waals surface area contributed by atoms with E-state index in [-0.39, 0.29) is 0 Å². The Morgan fingerprint density at radius 1 is 1.28 bits per heavy atom. The van der Waals surface area contributed by atoms with Gasteiger partial charge in [0.2, 0.25) is 0 Å². The summed E-state index contributed by atoms with van der Waals surface area (Å²) in [6.07, 6.45) is 3.63. The fourth-order valence-electron chi connectivity index (χ4n) is 1.86. The molecule has 0 atom stereocenters. The Hall–Kier alpha value is -1.25. The Bertz CT molecular complexity index is 514. The SMILES string of the molecule is CN(Cc1cccnc1)c1cc(Cl)ccc1CCl. The van der Waals surface area contributed by atoms with Crippen molar-refractivity contribution in [3.05, 3.63) is 58.9 Å². The van der Waals surface area contributed by atoms with Crippen LogP contribution in [0.4, 0.5) is 5.69 Å². The summed E-state index contributed by atoms with van der Waals surface area (Å²) < 4.78 is 0. The fourth-order valence-corrected chi connectivity index (χ4v) is 2.25. The molecule has 2 rings (SSSR count). The third-order valence-corrected chi connectivity index (χ3v) is 3.27. The lowest BCUT2D eigenvalue weighted by Gasteiger charge is -2.22. The van der Waals surface area contributed by atoms with Gasteiger partial charge in [0.1, 0.15) is 0 Å². The first-order valence-corrected chi connectivity index (χ1v) is 6.56. The van der Waals surface area contributed by atoms with Crippen molar-refractivity contribution in [1.29, 1.82) is 0 Å². The Morgan fingerprint density at radius 3 is 2.78 bits per heavy atom. The largest absolute Gasteiger partial charge is 0.370 e. The summed E-state index contributed by atoms with van der Waals surface area (Å²) >= 11 is 12.0. The molecule has 0 aliphatic rings. The Balaban J connectivity index is 2.23. The van der Waals surface area contributed by atoms with E-state index in [0.29, 0.717) is 5.88 Å². The number of hydrogen-bond donors (Lipinski definition) is 0. The van der Waals surface area contributed by atoms with Crippen molar-refractivity contribution in [3.63, 3.8) is 0 Å². The second kappa shape index (κ2) is 6.07. The van der Waals surface area contributed by atoms with Crippen molar-refractivity contribution in [2.45, 2.75) is 12.4 Å². The molecule has 0 saturated carbocycles. The number of hydrogen-bond acceptors (Lipinski definition) is 2. The summed E-state index contributed by atoms with van der Waals surface area (Å²) in [6.45, 7) is 0.776. The molecule has 2 nitrogen and oxygen atoms in total. The van der Waals surface area contributed by atoms with Crippen LogP contribution in [-0.4, -0.2) is 12.0 Å². The van der Waals surface area contributed by atoms with Crippen LogP contribution in [0.3, 0.4) is 0 Å². The van der Waals surface area contributed by atoms with E-state index < -0.39 is 0 Å². The standard InChI is InChI=1S/C14H14Cl2N2/c1-18(10-11-3-2-6-17-9-11)14-7-13(16)5-4-12(14)8-15/h2-7,9H,8,10H2,1H3. The van der Waals surface area contributed by atoms with Gasteiger partial charge < -0.3 is 4.90 Å². The molecular weight excluding hydrogens is 267 g/mol. The molecular formula is C14H14Cl2N2. The van der Waals surface area contributed by atoms with Crippen molar-refractivity contribution < 1.29 is 0 Å². The van der Waals surface area contributed by atoms with E-state index in [9.17, 15) is 0 Å². The minimum Gasteiger partial charge on any atom is -0.370 e. The maximum atomic E-state index is 6.04. The first-order chi connectivity index (χ1) is 8.70. The van der Waals surface area contributed by atoms with Gasteiger partial charge in [-0.05, 0) is 29.3 Å². The number of rotatable bonds is 4. The van der Waals surface area contributed by atoms with Crippen molar-refractivity contribution in [1.82, 2.24) is 4.98 Å². The highest BCUT2D eigenvalue weighted by Crippen LogP contribution is 2.26. The Labute approximate surface area is 117 Å². The van der Waals surface area contributed by atoms with E-state index in [1.54, 1.807) is 6.20 Å². The molecule has 94 valence electrons. The first kappa shape index (κ1) is 13.2. The molecule has 0 spiro atoms. The molecule has 4 heteroatoms. The molecule has 0 saturated heterocycles. The van der Waals surface area contributed by atoms with Crippen LogP contribution >= 0.6 is 23.2 Å². The molecule has 0 amide bonds. The van der Waals surface area contributed by atoms with E-state index in [2.05, 4.69) is 16.0 Å². The highest BCUT2D eigenvalue weighted by molar-refractivity contribution is 6.31. The Morgan fingerprint density at radius 2 is 2.11 bits per heavy atom. The summed E-state index contributed by atoms with van der Waals surface area (Å²) in [5.41, 5.74) is 3.29. The van der Waals surface area contributed by atoms with Crippen molar-refractivity contribution in [2.75, 3.05) is 11.9 Å². The van der Waals surface area contributed by atoms with Gasteiger partial charge in [0, 0.05) is 42.6 Å². The summed E-state index contributed by atoms with van der Waals surface area (Å²) in [5.74, 6) is 0.476. The zero-order chi connectivity index (χ0) is 13.0. The van der Waals surface area contributed by atoms with Crippen molar-refractivity contribution in [3.8, 4) is 0 Å². The van der Waals surface area contributed by atoms with Crippen LogP contribution in [0, 0.1) is 0 Å². The predicted octanol–water partition coefficient (Wildman–Crippen LogP) is 4.11. The lowest BCUT2D eigenvalue weighted by atomic mass is 10.1. The van der Waals surface area contributed by atoms with Gasteiger partial charge >= 0.3 is 0 Å². The lowest BCUT2D eigenvalue weighted by Crippen LogP contribution is -2.17. The summed E-state index contributed by atoms with van der Waals surface area (Å²) in [5, 5.41) is 0.719. The van der Waals surface area contributed by atoms with Crippen LogP contribution in [0.25, 0.3) is 0 Å². The van der Waals surface area contributed by atoms with Gasteiger partial charge in [-0.1, -0.05) is 23.7 Å². The monoisotopic (exact) mass is 280 g/mol. The maximum absolute atomic E-state index is 6.04.